The summed E-state index contributed by atoms with van der Waals surface area (Å²) in [4.78, 5) is 24.3. The van der Waals surface area contributed by atoms with Crippen molar-refractivity contribution in [2.75, 3.05) is 13.7 Å². The van der Waals surface area contributed by atoms with Crippen LogP contribution >= 0.6 is 0 Å². The molecule has 1 heterocycles. The minimum atomic E-state index is -0.322. The van der Waals surface area contributed by atoms with Gasteiger partial charge in [0.25, 0.3) is 11.5 Å². The Morgan fingerprint density at radius 1 is 1.15 bits per heavy atom. The van der Waals surface area contributed by atoms with Crippen molar-refractivity contribution in [3.8, 4) is 0 Å². The van der Waals surface area contributed by atoms with Crippen molar-refractivity contribution < 1.29 is 9.53 Å². The number of benzene rings is 2. The smallest absolute Gasteiger partial charge is 0.272 e. The summed E-state index contributed by atoms with van der Waals surface area (Å²) >= 11 is 0. The quantitative estimate of drug-likeness (QED) is 0.741. The fourth-order valence-electron chi connectivity index (χ4n) is 2.74. The highest BCUT2D eigenvalue weighted by Gasteiger charge is 2.14. The first kappa shape index (κ1) is 17.8. The molecule has 1 amide bonds. The molecule has 0 radical (unpaired) electrons. The Bertz CT molecular complexity index is 981. The molecule has 134 valence electrons. The van der Waals surface area contributed by atoms with Gasteiger partial charge in [0.15, 0.2) is 0 Å². The van der Waals surface area contributed by atoms with Gasteiger partial charge in [0.05, 0.1) is 19.2 Å². The van der Waals surface area contributed by atoms with Gasteiger partial charge in [-0.05, 0) is 35.4 Å². The van der Waals surface area contributed by atoms with Crippen molar-refractivity contribution in [2.45, 2.75) is 19.5 Å². The molecule has 26 heavy (non-hydrogen) atoms. The second-order valence-electron chi connectivity index (χ2n) is 6.07. The minimum Gasteiger partial charge on any atom is -0.383 e. The summed E-state index contributed by atoms with van der Waals surface area (Å²) in [6.45, 7) is 2.57. The normalized spacial score (nSPS) is 12.1. The van der Waals surface area contributed by atoms with Crippen LogP contribution in [-0.4, -0.2) is 29.4 Å². The number of amides is 1. The maximum absolute atomic E-state index is 12.5. The molecule has 3 aromatic rings. The van der Waals surface area contributed by atoms with E-state index in [-0.39, 0.29) is 23.2 Å². The van der Waals surface area contributed by atoms with Crippen molar-refractivity contribution in [1.82, 2.24) is 15.1 Å². The lowest BCUT2D eigenvalue weighted by Crippen LogP contribution is -2.31. The topological polar surface area (TPSA) is 73.2 Å². The lowest BCUT2D eigenvalue weighted by Gasteiger charge is -2.15. The van der Waals surface area contributed by atoms with E-state index in [1.54, 1.807) is 7.11 Å². The number of fused-ring (bicyclic) bond motifs is 1. The van der Waals surface area contributed by atoms with Crippen LogP contribution in [-0.2, 0) is 11.3 Å². The maximum atomic E-state index is 12.5. The molecule has 1 aromatic heterocycles. The number of nitrogens with zero attached hydrogens (tertiary/aromatic N) is 2. The first-order valence-corrected chi connectivity index (χ1v) is 8.45. The van der Waals surface area contributed by atoms with Gasteiger partial charge >= 0.3 is 0 Å². The van der Waals surface area contributed by atoms with Crippen molar-refractivity contribution in [3.63, 3.8) is 0 Å². The van der Waals surface area contributed by atoms with Crippen molar-refractivity contribution in [1.29, 1.82) is 0 Å². The van der Waals surface area contributed by atoms with E-state index >= 15 is 0 Å². The number of rotatable bonds is 6. The molecule has 2 aromatic carbocycles. The molecule has 6 nitrogen and oxygen atoms in total. The second kappa shape index (κ2) is 7.93. The molecular weight excluding hydrogens is 330 g/mol. The standard InChI is InChI=1S/C20H21N3O3/c1-14(16-8-7-15-5-3-4-6-17(15)13-16)21-20(25)18-9-10-19(24)23(22-18)11-12-26-2/h3-10,13-14H,11-12H2,1-2H3,(H,21,25). The van der Waals surface area contributed by atoms with Crippen LogP contribution in [0.3, 0.4) is 0 Å². The van der Waals surface area contributed by atoms with E-state index in [0.717, 1.165) is 16.3 Å². The van der Waals surface area contributed by atoms with Gasteiger partial charge in [-0.3, -0.25) is 9.59 Å². The van der Waals surface area contributed by atoms with Gasteiger partial charge in [0.2, 0.25) is 0 Å². The number of aromatic nitrogens is 2. The highest BCUT2D eigenvalue weighted by atomic mass is 16.5. The summed E-state index contributed by atoms with van der Waals surface area (Å²) < 4.78 is 6.19. The lowest BCUT2D eigenvalue weighted by atomic mass is 10.0. The van der Waals surface area contributed by atoms with Crippen LogP contribution in [0.4, 0.5) is 0 Å². The molecule has 1 atom stereocenters. The SMILES string of the molecule is COCCn1nc(C(=O)NC(C)c2ccc3ccccc3c2)ccc1=O. The molecular formula is C20H21N3O3. The Kier molecular flexibility index (Phi) is 5.43. The average molecular weight is 351 g/mol. The summed E-state index contributed by atoms with van der Waals surface area (Å²) in [6.07, 6.45) is 0. The summed E-state index contributed by atoms with van der Waals surface area (Å²) in [5.74, 6) is -0.322. The van der Waals surface area contributed by atoms with E-state index < -0.39 is 0 Å². The third-order valence-corrected chi connectivity index (χ3v) is 4.23. The fourth-order valence-corrected chi connectivity index (χ4v) is 2.74. The monoisotopic (exact) mass is 351 g/mol. The Labute approximate surface area is 151 Å². The van der Waals surface area contributed by atoms with E-state index in [0.29, 0.717) is 13.2 Å². The van der Waals surface area contributed by atoms with Crippen LogP contribution in [0.2, 0.25) is 0 Å². The summed E-state index contributed by atoms with van der Waals surface area (Å²) in [6, 6.07) is 16.8. The van der Waals surface area contributed by atoms with Gasteiger partial charge < -0.3 is 10.1 Å². The summed E-state index contributed by atoms with van der Waals surface area (Å²) in [5.41, 5.74) is 0.944. The molecule has 3 rings (SSSR count). The van der Waals surface area contributed by atoms with Crippen LogP contribution in [0.5, 0.6) is 0 Å². The van der Waals surface area contributed by atoms with E-state index in [2.05, 4.69) is 22.5 Å². The predicted molar refractivity (Wildman–Crippen MR) is 100 cm³/mol. The molecule has 0 fully saturated rings. The Hall–Kier alpha value is -2.99. The molecule has 1 unspecified atom stereocenters. The first-order chi connectivity index (χ1) is 12.6. The summed E-state index contributed by atoms with van der Waals surface area (Å²) in [5, 5.41) is 9.33. The Morgan fingerprint density at radius 2 is 1.92 bits per heavy atom. The lowest BCUT2D eigenvalue weighted by molar-refractivity contribution is 0.0931. The second-order valence-corrected chi connectivity index (χ2v) is 6.07. The number of hydrogen-bond donors (Lipinski definition) is 1. The number of nitrogens with one attached hydrogen (secondary N) is 1. The molecule has 0 spiro atoms. The van der Waals surface area contributed by atoms with Crippen LogP contribution in [0.25, 0.3) is 10.8 Å². The number of carbonyl (C=O) groups is 1. The molecule has 0 bridgehead atoms. The van der Waals surface area contributed by atoms with Crippen LogP contribution in [0, 0.1) is 0 Å². The molecule has 0 aliphatic rings. The number of hydrogen-bond acceptors (Lipinski definition) is 4. The third-order valence-electron chi connectivity index (χ3n) is 4.23. The van der Waals surface area contributed by atoms with Gasteiger partial charge in [-0.1, -0.05) is 36.4 Å². The molecule has 0 aliphatic carbocycles. The number of methoxy groups -OCH3 is 1. The van der Waals surface area contributed by atoms with E-state index in [1.807, 2.05) is 37.3 Å². The zero-order chi connectivity index (χ0) is 18.5. The zero-order valence-corrected chi connectivity index (χ0v) is 14.8. The third kappa shape index (κ3) is 3.97. The van der Waals surface area contributed by atoms with Crippen LogP contribution < -0.4 is 10.9 Å². The average Bonchev–Trinajstić information content (AvgIpc) is 2.66. The van der Waals surface area contributed by atoms with Crippen molar-refractivity contribution in [3.05, 3.63) is 76.2 Å². The van der Waals surface area contributed by atoms with Gasteiger partial charge in [-0.25, -0.2) is 4.68 Å². The first-order valence-electron chi connectivity index (χ1n) is 8.45. The zero-order valence-electron chi connectivity index (χ0n) is 14.8. The fraction of sp³-hybridized carbons (Fsp3) is 0.250. The highest BCUT2D eigenvalue weighted by Crippen LogP contribution is 2.20. The van der Waals surface area contributed by atoms with E-state index in [9.17, 15) is 9.59 Å². The molecule has 6 heteroatoms. The maximum Gasteiger partial charge on any atom is 0.272 e. The van der Waals surface area contributed by atoms with E-state index in [1.165, 1.54) is 16.8 Å². The molecule has 1 N–H and O–H groups in total. The molecule has 0 saturated heterocycles. The van der Waals surface area contributed by atoms with Gasteiger partial charge in [0, 0.05) is 13.2 Å². The van der Waals surface area contributed by atoms with E-state index in [4.69, 9.17) is 4.74 Å². The van der Waals surface area contributed by atoms with Gasteiger partial charge in [0.1, 0.15) is 5.69 Å². The largest absolute Gasteiger partial charge is 0.383 e. The minimum absolute atomic E-state index is 0.187. The summed E-state index contributed by atoms with van der Waals surface area (Å²) in [7, 11) is 1.55. The Balaban J connectivity index is 1.76. The van der Waals surface area contributed by atoms with Crippen molar-refractivity contribution in [2.24, 2.45) is 0 Å². The molecule has 0 aliphatic heterocycles. The molecule has 0 saturated carbocycles. The van der Waals surface area contributed by atoms with Gasteiger partial charge in [-0.15, -0.1) is 0 Å². The number of carbonyl (C=O) groups excluding carboxylic acids is 1. The van der Waals surface area contributed by atoms with Crippen molar-refractivity contribution >= 4 is 16.7 Å². The van der Waals surface area contributed by atoms with Gasteiger partial charge in [-0.2, -0.15) is 5.10 Å². The predicted octanol–water partition coefficient (Wildman–Crippen LogP) is 2.53. The highest BCUT2D eigenvalue weighted by molar-refractivity contribution is 5.92. The Morgan fingerprint density at radius 3 is 2.69 bits per heavy atom. The van der Waals surface area contributed by atoms with Crippen LogP contribution in [0.1, 0.15) is 29.0 Å². The number of ether oxygens (including phenoxy) is 1. The van der Waals surface area contributed by atoms with Crippen LogP contribution in [0.15, 0.2) is 59.4 Å².